The number of nitrogens with zero attached hydrogens (tertiary/aromatic N) is 3. The summed E-state index contributed by atoms with van der Waals surface area (Å²) in [5.41, 5.74) is 0.793. The van der Waals surface area contributed by atoms with Crippen LogP contribution in [0.25, 0.3) is 0 Å². The summed E-state index contributed by atoms with van der Waals surface area (Å²) in [6.45, 7) is 7.32. The van der Waals surface area contributed by atoms with E-state index in [0.29, 0.717) is 43.6 Å². The molecule has 0 saturated carbocycles. The van der Waals surface area contributed by atoms with Crippen molar-refractivity contribution in [2.75, 3.05) is 19.6 Å². The molecule has 7 heteroatoms. The Labute approximate surface area is 141 Å². The molecule has 1 saturated heterocycles. The van der Waals surface area contributed by atoms with Gasteiger partial charge in [-0.3, -0.25) is 9.69 Å². The zero-order chi connectivity index (χ0) is 17.9. The van der Waals surface area contributed by atoms with Gasteiger partial charge < -0.3 is 5.11 Å². The van der Waals surface area contributed by atoms with Gasteiger partial charge in [0.2, 0.25) is 0 Å². The Morgan fingerprint density at radius 1 is 1.50 bits per heavy atom. The van der Waals surface area contributed by atoms with Crippen molar-refractivity contribution in [1.82, 2.24) is 14.7 Å². The largest absolute Gasteiger partial charge is 0.480 e. The first-order valence-corrected chi connectivity index (χ1v) is 8.46. The van der Waals surface area contributed by atoms with Crippen LogP contribution in [0.5, 0.6) is 0 Å². The average Bonchev–Trinajstić information content (AvgIpc) is 2.91. The first kappa shape index (κ1) is 18.6. The van der Waals surface area contributed by atoms with E-state index in [1.165, 1.54) is 0 Å². The molecule has 6 nitrogen and oxygen atoms in total. The maximum atomic E-state index is 13.2. The van der Waals surface area contributed by atoms with Crippen LogP contribution in [0, 0.1) is 12.8 Å². The Morgan fingerprint density at radius 2 is 2.21 bits per heavy atom. The smallest absolute Gasteiger partial charge is 0.328 e. The van der Waals surface area contributed by atoms with E-state index in [0.717, 1.165) is 11.2 Å². The molecule has 2 atom stereocenters. The van der Waals surface area contributed by atoms with Gasteiger partial charge in [-0.2, -0.15) is 5.10 Å². The Balaban J connectivity index is 2.20. The Morgan fingerprint density at radius 3 is 2.75 bits per heavy atom. The van der Waals surface area contributed by atoms with Crippen molar-refractivity contribution >= 4 is 5.97 Å². The van der Waals surface area contributed by atoms with Crippen LogP contribution in [0.1, 0.15) is 44.0 Å². The van der Waals surface area contributed by atoms with Crippen molar-refractivity contribution in [2.45, 2.75) is 52.2 Å². The molecular weight excluding hydrogens is 313 g/mol. The van der Waals surface area contributed by atoms with Crippen LogP contribution in [0.2, 0.25) is 0 Å². The average molecular weight is 339 g/mol. The SMILES string of the molecule is Cc1cc(CCN2CCC(F)C2)nn(C(CC(C)C)C(=O)O)c1=O. The minimum absolute atomic E-state index is 0.134. The van der Waals surface area contributed by atoms with Gasteiger partial charge in [0.1, 0.15) is 6.17 Å². The van der Waals surface area contributed by atoms with Crippen molar-refractivity contribution < 1.29 is 14.3 Å². The summed E-state index contributed by atoms with van der Waals surface area (Å²) in [4.78, 5) is 25.9. The fourth-order valence-electron chi connectivity index (χ4n) is 3.05. The van der Waals surface area contributed by atoms with Crippen LogP contribution in [0.15, 0.2) is 10.9 Å². The quantitative estimate of drug-likeness (QED) is 0.820. The molecule has 0 bridgehead atoms. The molecule has 0 amide bonds. The number of carboxylic acids is 1. The minimum atomic E-state index is -1.05. The molecule has 1 fully saturated rings. The van der Waals surface area contributed by atoms with E-state index < -0.39 is 18.2 Å². The first-order chi connectivity index (χ1) is 11.3. The third-order valence-corrected chi connectivity index (χ3v) is 4.34. The van der Waals surface area contributed by atoms with Crippen molar-refractivity contribution in [1.29, 1.82) is 0 Å². The number of carbonyl (C=O) groups is 1. The van der Waals surface area contributed by atoms with Crippen molar-refractivity contribution in [3.63, 3.8) is 0 Å². The number of hydrogen-bond acceptors (Lipinski definition) is 4. The van der Waals surface area contributed by atoms with Crippen molar-refractivity contribution in [3.8, 4) is 0 Å². The topological polar surface area (TPSA) is 75.4 Å². The van der Waals surface area contributed by atoms with Crippen LogP contribution >= 0.6 is 0 Å². The lowest BCUT2D eigenvalue weighted by molar-refractivity contribution is -0.141. The molecule has 0 aromatic carbocycles. The lowest BCUT2D eigenvalue weighted by Gasteiger charge is -2.19. The molecule has 134 valence electrons. The van der Waals surface area contributed by atoms with E-state index in [1.54, 1.807) is 13.0 Å². The van der Waals surface area contributed by atoms with Crippen LogP contribution in [0.4, 0.5) is 4.39 Å². The van der Waals surface area contributed by atoms with Crippen molar-refractivity contribution in [2.24, 2.45) is 5.92 Å². The Bertz CT molecular complexity index is 644. The Hall–Kier alpha value is -1.76. The van der Waals surface area contributed by atoms with E-state index >= 15 is 0 Å². The van der Waals surface area contributed by atoms with E-state index in [-0.39, 0.29) is 11.5 Å². The molecule has 2 heterocycles. The molecular formula is C17H26FN3O3. The van der Waals surface area contributed by atoms with Gasteiger partial charge in [0, 0.05) is 31.6 Å². The van der Waals surface area contributed by atoms with E-state index in [9.17, 15) is 19.1 Å². The highest BCUT2D eigenvalue weighted by atomic mass is 19.1. The number of hydrogen-bond donors (Lipinski definition) is 1. The van der Waals surface area contributed by atoms with E-state index in [2.05, 4.69) is 5.10 Å². The van der Waals surface area contributed by atoms with Gasteiger partial charge in [-0.1, -0.05) is 13.8 Å². The van der Waals surface area contributed by atoms with E-state index in [4.69, 9.17) is 0 Å². The van der Waals surface area contributed by atoms with Gasteiger partial charge in [-0.05, 0) is 31.7 Å². The van der Waals surface area contributed by atoms with Crippen LogP contribution in [-0.2, 0) is 11.2 Å². The summed E-state index contributed by atoms with van der Waals surface area (Å²) < 4.78 is 14.3. The normalized spacial score (nSPS) is 19.8. The van der Waals surface area contributed by atoms with Gasteiger partial charge in [-0.25, -0.2) is 13.9 Å². The van der Waals surface area contributed by atoms with Gasteiger partial charge in [-0.15, -0.1) is 0 Å². The lowest BCUT2D eigenvalue weighted by Crippen LogP contribution is -2.35. The zero-order valence-electron chi connectivity index (χ0n) is 14.5. The number of alkyl halides is 1. The molecule has 1 aliphatic rings. The number of rotatable bonds is 7. The maximum absolute atomic E-state index is 13.2. The number of halogens is 1. The van der Waals surface area contributed by atoms with Gasteiger partial charge in [0.15, 0.2) is 6.04 Å². The number of aryl methyl sites for hydroxylation is 1. The summed E-state index contributed by atoms with van der Waals surface area (Å²) in [6.07, 6.45) is 0.709. The summed E-state index contributed by atoms with van der Waals surface area (Å²) >= 11 is 0. The van der Waals surface area contributed by atoms with Gasteiger partial charge in [0.05, 0.1) is 5.69 Å². The van der Waals surface area contributed by atoms with Gasteiger partial charge >= 0.3 is 5.97 Å². The first-order valence-electron chi connectivity index (χ1n) is 8.46. The summed E-state index contributed by atoms with van der Waals surface area (Å²) in [6, 6.07) is 0.744. The fourth-order valence-corrected chi connectivity index (χ4v) is 3.05. The molecule has 2 unspecified atom stereocenters. The summed E-state index contributed by atoms with van der Waals surface area (Å²) in [5.74, 6) is -0.912. The molecule has 2 rings (SSSR count). The second-order valence-electron chi connectivity index (χ2n) is 6.99. The molecule has 1 aromatic heterocycles. The molecule has 1 aromatic rings. The van der Waals surface area contributed by atoms with Crippen LogP contribution < -0.4 is 5.56 Å². The summed E-state index contributed by atoms with van der Waals surface area (Å²) in [5, 5.41) is 13.8. The third kappa shape index (κ3) is 4.63. The monoisotopic (exact) mass is 339 g/mol. The van der Waals surface area contributed by atoms with Gasteiger partial charge in [0.25, 0.3) is 5.56 Å². The number of aromatic nitrogens is 2. The maximum Gasteiger partial charge on any atom is 0.328 e. The predicted octanol–water partition coefficient (Wildman–Crippen LogP) is 1.81. The fraction of sp³-hybridized carbons (Fsp3) is 0.706. The molecule has 1 aliphatic heterocycles. The number of carboxylic acid groups (broad SMARTS) is 1. The Kier molecular flexibility index (Phi) is 6.10. The molecule has 0 radical (unpaired) electrons. The van der Waals surface area contributed by atoms with Crippen LogP contribution in [-0.4, -0.2) is 51.6 Å². The highest BCUT2D eigenvalue weighted by Crippen LogP contribution is 2.17. The zero-order valence-corrected chi connectivity index (χ0v) is 14.5. The number of likely N-dealkylation sites (tertiary alicyclic amines) is 1. The second kappa shape index (κ2) is 7.88. The molecule has 0 aliphatic carbocycles. The highest BCUT2D eigenvalue weighted by Gasteiger charge is 2.25. The molecule has 0 spiro atoms. The highest BCUT2D eigenvalue weighted by molar-refractivity contribution is 5.71. The van der Waals surface area contributed by atoms with Crippen molar-refractivity contribution in [3.05, 3.63) is 27.7 Å². The molecule has 1 N–H and O–H groups in total. The molecule has 24 heavy (non-hydrogen) atoms. The second-order valence-corrected chi connectivity index (χ2v) is 6.99. The number of aliphatic carboxylic acids is 1. The van der Waals surface area contributed by atoms with E-state index in [1.807, 2.05) is 18.7 Å². The predicted molar refractivity (Wildman–Crippen MR) is 89.0 cm³/mol. The standard InChI is InChI=1S/C17H26FN3O3/c1-11(2)8-15(17(23)24)21-16(22)12(3)9-14(19-21)5-7-20-6-4-13(18)10-20/h9,11,13,15H,4-8,10H2,1-3H3,(H,23,24). The van der Waals surface area contributed by atoms with Crippen LogP contribution in [0.3, 0.4) is 0 Å². The minimum Gasteiger partial charge on any atom is -0.480 e. The lowest BCUT2D eigenvalue weighted by atomic mass is 10.0. The third-order valence-electron chi connectivity index (χ3n) is 4.34. The summed E-state index contributed by atoms with van der Waals surface area (Å²) in [7, 11) is 0.